The minimum absolute atomic E-state index is 0.0178. The molecule has 202 valence electrons. The van der Waals surface area contributed by atoms with Crippen molar-refractivity contribution >= 4 is 39.1 Å². The SMILES string of the molecule is Cc1ccc(N(CC(=O)N(Cc2ccccc2F)[C@@H](C)C(=O)NC(C)C)S(=O)(=O)c2ccccc2)cc1Cl. The van der Waals surface area contributed by atoms with Crippen LogP contribution in [0.5, 0.6) is 0 Å². The molecule has 3 rings (SSSR count). The first-order valence-electron chi connectivity index (χ1n) is 12.1. The third-order valence-corrected chi connectivity index (χ3v) is 8.15. The molecule has 3 aromatic carbocycles. The molecule has 0 saturated heterocycles. The molecule has 7 nitrogen and oxygen atoms in total. The normalized spacial score (nSPS) is 12.2. The molecule has 0 bridgehead atoms. The second kappa shape index (κ2) is 12.4. The molecular weight excluding hydrogens is 529 g/mol. The van der Waals surface area contributed by atoms with Crippen molar-refractivity contribution in [3.63, 3.8) is 0 Å². The summed E-state index contributed by atoms with van der Waals surface area (Å²) < 4.78 is 42.9. The van der Waals surface area contributed by atoms with E-state index in [1.165, 1.54) is 48.2 Å². The van der Waals surface area contributed by atoms with E-state index in [1.807, 2.05) is 0 Å². The molecule has 0 saturated carbocycles. The van der Waals surface area contributed by atoms with Crippen LogP contribution in [0.4, 0.5) is 10.1 Å². The van der Waals surface area contributed by atoms with Gasteiger partial charge in [0.15, 0.2) is 0 Å². The van der Waals surface area contributed by atoms with Crippen molar-refractivity contribution in [2.24, 2.45) is 0 Å². The fourth-order valence-corrected chi connectivity index (χ4v) is 5.39. The van der Waals surface area contributed by atoms with Crippen LogP contribution in [-0.2, 0) is 26.2 Å². The topological polar surface area (TPSA) is 86.8 Å². The van der Waals surface area contributed by atoms with Crippen molar-refractivity contribution < 1.29 is 22.4 Å². The molecule has 0 unspecified atom stereocenters. The van der Waals surface area contributed by atoms with E-state index in [9.17, 15) is 22.4 Å². The fraction of sp³-hybridized carbons (Fsp3) is 0.286. The Bertz CT molecular complexity index is 1400. The lowest BCUT2D eigenvalue weighted by Gasteiger charge is -2.32. The number of carbonyl (C=O) groups excluding carboxylic acids is 2. The largest absolute Gasteiger partial charge is 0.352 e. The molecular formula is C28H31ClFN3O4S. The highest BCUT2D eigenvalue weighted by Crippen LogP contribution is 2.28. The zero-order chi connectivity index (χ0) is 28.0. The number of nitrogens with one attached hydrogen (secondary N) is 1. The Hall–Kier alpha value is -3.43. The zero-order valence-electron chi connectivity index (χ0n) is 21.7. The summed E-state index contributed by atoms with van der Waals surface area (Å²) in [5.41, 5.74) is 1.11. The van der Waals surface area contributed by atoms with Gasteiger partial charge in [-0.2, -0.15) is 0 Å². The molecule has 0 radical (unpaired) electrons. The maximum absolute atomic E-state index is 14.5. The third kappa shape index (κ3) is 6.90. The van der Waals surface area contributed by atoms with Crippen LogP contribution in [-0.4, -0.2) is 43.8 Å². The lowest BCUT2D eigenvalue weighted by atomic mass is 10.1. The Kier molecular flexibility index (Phi) is 9.51. The molecule has 10 heteroatoms. The van der Waals surface area contributed by atoms with Crippen LogP contribution in [0.2, 0.25) is 5.02 Å². The summed E-state index contributed by atoms with van der Waals surface area (Å²) in [6.45, 7) is 6.00. The number of aryl methyl sites for hydroxylation is 1. The van der Waals surface area contributed by atoms with Gasteiger partial charge in [-0.25, -0.2) is 12.8 Å². The second-order valence-corrected chi connectivity index (χ2v) is 11.5. The Labute approximate surface area is 228 Å². The van der Waals surface area contributed by atoms with Crippen LogP contribution in [0.25, 0.3) is 0 Å². The van der Waals surface area contributed by atoms with Gasteiger partial charge in [-0.05, 0) is 63.6 Å². The lowest BCUT2D eigenvalue weighted by molar-refractivity contribution is -0.139. The fourth-order valence-electron chi connectivity index (χ4n) is 3.78. The van der Waals surface area contributed by atoms with Gasteiger partial charge in [-0.1, -0.05) is 54.1 Å². The second-order valence-electron chi connectivity index (χ2n) is 9.21. The van der Waals surface area contributed by atoms with Gasteiger partial charge in [0.2, 0.25) is 11.8 Å². The highest BCUT2D eigenvalue weighted by atomic mass is 35.5. The standard InChI is InChI=1S/C28H31ClFN3O4S/c1-19(2)31-28(35)21(4)32(17-22-10-8-9-13-26(22)30)27(34)18-33(23-15-14-20(3)25(29)16-23)38(36,37)24-11-6-5-7-12-24/h5-16,19,21H,17-18H2,1-4H3,(H,31,35)/t21-/m0/s1. The van der Waals surface area contributed by atoms with E-state index < -0.39 is 40.2 Å². The third-order valence-electron chi connectivity index (χ3n) is 5.95. The summed E-state index contributed by atoms with van der Waals surface area (Å²) >= 11 is 6.31. The first-order chi connectivity index (χ1) is 17.9. The van der Waals surface area contributed by atoms with E-state index in [-0.39, 0.29) is 28.7 Å². The van der Waals surface area contributed by atoms with Crippen molar-refractivity contribution in [3.05, 3.63) is 94.8 Å². The Balaban J connectivity index is 2.06. The van der Waals surface area contributed by atoms with Gasteiger partial charge in [0.1, 0.15) is 18.4 Å². The number of halogens is 2. The Morgan fingerprint density at radius 3 is 2.21 bits per heavy atom. The van der Waals surface area contributed by atoms with Crippen LogP contribution < -0.4 is 9.62 Å². The highest BCUT2D eigenvalue weighted by molar-refractivity contribution is 7.92. The molecule has 1 N–H and O–H groups in total. The predicted octanol–water partition coefficient (Wildman–Crippen LogP) is 4.92. The average molecular weight is 560 g/mol. The van der Waals surface area contributed by atoms with Crippen molar-refractivity contribution in [2.75, 3.05) is 10.8 Å². The number of nitrogens with zero attached hydrogens (tertiary/aromatic N) is 2. The molecule has 0 aliphatic carbocycles. The van der Waals surface area contributed by atoms with Crippen molar-refractivity contribution in [3.8, 4) is 0 Å². The lowest BCUT2D eigenvalue weighted by Crippen LogP contribution is -2.52. The first kappa shape index (κ1) is 29.1. The van der Waals surface area contributed by atoms with E-state index in [4.69, 9.17) is 11.6 Å². The van der Waals surface area contributed by atoms with Crippen LogP contribution in [0.15, 0.2) is 77.7 Å². The molecule has 3 aromatic rings. The number of hydrogen-bond acceptors (Lipinski definition) is 4. The first-order valence-corrected chi connectivity index (χ1v) is 13.9. The maximum Gasteiger partial charge on any atom is 0.264 e. The van der Waals surface area contributed by atoms with Crippen molar-refractivity contribution in [1.82, 2.24) is 10.2 Å². The van der Waals surface area contributed by atoms with Crippen molar-refractivity contribution in [2.45, 2.75) is 51.2 Å². The minimum atomic E-state index is -4.21. The number of amides is 2. The summed E-state index contributed by atoms with van der Waals surface area (Å²) in [7, 11) is -4.21. The highest BCUT2D eigenvalue weighted by Gasteiger charge is 2.33. The maximum atomic E-state index is 14.5. The number of anilines is 1. The number of sulfonamides is 1. The average Bonchev–Trinajstić information content (AvgIpc) is 2.88. The molecule has 0 aromatic heterocycles. The smallest absolute Gasteiger partial charge is 0.264 e. The summed E-state index contributed by atoms with van der Waals surface area (Å²) in [4.78, 5) is 27.8. The molecule has 0 fully saturated rings. The minimum Gasteiger partial charge on any atom is -0.352 e. The van der Waals surface area contributed by atoms with Gasteiger partial charge in [0, 0.05) is 23.2 Å². The Morgan fingerprint density at radius 1 is 0.974 bits per heavy atom. The van der Waals surface area contributed by atoms with Gasteiger partial charge in [-0.3, -0.25) is 13.9 Å². The molecule has 0 heterocycles. The van der Waals surface area contributed by atoms with Crippen LogP contribution in [0.3, 0.4) is 0 Å². The van der Waals surface area contributed by atoms with Crippen LogP contribution in [0, 0.1) is 12.7 Å². The van der Waals surface area contributed by atoms with E-state index in [0.717, 1.165) is 9.87 Å². The molecule has 0 aliphatic rings. The number of hydrogen-bond donors (Lipinski definition) is 1. The van der Waals surface area contributed by atoms with E-state index >= 15 is 0 Å². The van der Waals surface area contributed by atoms with Gasteiger partial charge < -0.3 is 10.2 Å². The van der Waals surface area contributed by atoms with Gasteiger partial charge in [0.05, 0.1) is 10.6 Å². The molecule has 0 spiro atoms. The van der Waals surface area contributed by atoms with E-state index in [1.54, 1.807) is 57.2 Å². The monoisotopic (exact) mass is 559 g/mol. The van der Waals surface area contributed by atoms with E-state index in [2.05, 4.69) is 5.32 Å². The van der Waals surface area contributed by atoms with Gasteiger partial charge >= 0.3 is 0 Å². The summed E-state index contributed by atoms with van der Waals surface area (Å²) in [6.07, 6.45) is 0. The van der Waals surface area contributed by atoms with Gasteiger partial charge in [-0.15, -0.1) is 0 Å². The van der Waals surface area contributed by atoms with Gasteiger partial charge in [0.25, 0.3) is 10.0 Å². The summed E-state index contributed by atoms with van der Waals surface area (Å²) in [6, 6.07) is 17.1. The summed E-state index contributed by atoms with van der Waals surface area (Å²) in [5.74, 6) is -1.67. The number of carbonyl (C=O) groups is 2. The summed E-state index contributed by atoms with van der Waals surface area (Å²) in [5, 5.41) is 3.09. The van der Waals surface area contributed by atoms with E-state index in [0.29, 0.717) is 5.02 Å². The number of benzene rings is 3. The van der Waals surface area contributed by atoms with Crippen molar-refractivity contribution in [1.29, 1.82) is 0 Å². The molecule has 38 heavy (non-hydrogen) atoms. The quantitative estimate of drug-likeness (QED) is 0.382. The zero-order valence-corrected chi connectivity index (χ0v) is 23.3. The molecule has 0 aliphatic heterocycles. The molecule has 1 atom stereocenters. The van der Waals surface area contributed by atoms with Crippen LogP contribution >= 0.6 is 11.6 Å². The number of rotatable bonds is 10. The molecule has 2 amide bonds. The Morgan fingerprint density at radius 2 is 1.61 bits per heavy atom. The van der Waals surface area contributed by atoms with Crippen LogP contribution in [0.1, 0.15) is 31.9 Å². The predicted molar refractivity (Wildman–Crippen MR) is 147 cm³/mol.